The first-order valence-corrected chi connectivity index (χ1v) is 8.13. The largest absolute Gasteiger partial charge is 0.496 e. The van der Waals surface area contributed by atoms with Crippen molar-refractivity contribution in [3.8, 4) is 5.75 Å². The van der Waals surface area contributed by atoms with E-state index in [2.05, 4.69) is 23.6 Å². The molecule has 0 atom stereocenters. The number of carbonyl (C=O) groups excluding carboxylic acids is 1. The predicted molar refractivity (Wildman–Crippen MR) is 90.8 cm³/mol. The molecule has 0 radical (unpaired) electrons. The van der Waals surface area contributed by atoms with Crippen LogP contribution in [0.4, 0.5) is 4.79 Å². The van der Waals surface area contributed by atoms with Crippen LogP contribution in [0.3, 0.4) is 0 Å². The van der Waals surface area contributed by atoms with Crippen LogP contribution in [0.15, 0.2) is 18.2 Å². The lowest BCUT2D eigenvalue weighted by atomic mass is 9.86. The maximum Gasteiger partial charge on any atom is 0.407 e. The Morgan fingerprint density at radius 2 is 1.96 bits per heavy atom. The van der Waals surface area contributed by atoms with Crippen LogP contribution in [0, 0.1) is 6.92 Å². The molecule has 0 spiro atoms. The molecule has 0 aliphatic heterocycles. The number of benzene rings is 1. The molecule has 1 aliphatic carbocycles. The van der Waals surface area contributed by atoms with Gasteiger partial charge >= 0.3 is 6.09 Å². The van der Waals surface area contributed by atoms with Gasteiger partial charge < -0.3 is 20.1 Å². The molecule has 1 aromatic carbocycles. The minimum atomic E-state index is -0.451. The molecule has 1 aliphatic rings. The van der Waals surface area contributed by atoms with Gasteiger partial charge in [0.15, 0.2) is 0 Å². The summed E-state index contributed by atoms with van der Waals surface area (Å²) in [4.78, 5) is 11.7. The number of hydrogen-bond acceptors (Lipinski definition) is 4. The fourth-order valence-corrected chi connectivity index (χ4v) is 2.68. The van der Waals surface area contributed by atoms with Crippen LogP contribution < -0.4 is 15.4 Å². The Labute approximate surface area is 138 Å². The van der Waals surface area contributed by atoms with E-state index in [0.29, 0.717) is 6.04 Å². The lowest BCUT2D eigenvalue weighted by Gasteiger charge is -2.36. The van der Waals surface area contributed by atoms with E-state index in [9.17, 15) is 4.79 Å². The van der Waals surface area contributed by atoms with Crippen molar-refractivity contribution in [2.75, 3.05) is 7.11 Å². The van der Waals surface area contributed by atoms with Crippen LogP contribution in [0.5, 0.6) is 5.75 Å². The average molecular weight is 320 g/mol. The predicted octanol–water partition coefficient (Wildman–Crippen LogP) is 3.15. The van der Waals surface area contributed by atoms with E-state index >= 15 is 0 Å². The molecule has 1 fully saturated rings. The third-order valence-electron chi connectivity index (χ3n) is 3.88. The van der Waals surface area contributed by atoms with E-state index in [-0.39, 0.29) is 12.1 Å². The molecule has 0 bridgehead atoms. The lowest BCUT2D eigenvalue weighted by Crippen LogP contribution is -2.52. The first-order valence-electron chi connectivity index (χ1n) is 8.13. The zero-order valence-corrected chi connectivity index (χ0v) is 14.7. The van der Waals surface area contributed by atoms with Gasteiger partial charge in [-0.2, -0.15) is 0 Å². The van der Waals surface area contributed by atoms with Crippen molar-refractivity contribution in [3.05, 3.63) is 29.3 Å². The third kappa shape index (κ3) is 5.43. The molecule has 0 saturated heterocycles. The number of methoxy groups -OCH3 is 1. The smallest absolute Gasteiger partial charge is 0.407 e. The van der Waals surface area contributed by atoms with Gasteiger partial charge in [-0.1, -0.05) is 17.7 Å². The quantitative estimate of drug-likeness (QED) is 0.875. The molecule has 5 nitrogen and oxygen atoms in total. The van der Waals surface area contributed by atoms with Crippen molar-refractivity contribution in [3.63, 3.8) is 0 Å². The zero-order chi connectivity index (χ0) is 17.0. The van der Waals surface area contributed by atoms with E-state index in [1.807, 2.05) is 32.9 Å². The Morgan fingerprint density at radius 1 is 1.26 bits per heavy atom. The Bertz CT molecular complexity index is 546. The Morgan fingerprint density at radius 3 is 2.57 bits per heavy atom. The van der Waals surface area contributed by atoms with Gasteiger partial charge in [-0.15, -0.1) is 0 Å². The summed E-state index contributed by atoms with van der Waals surface area (Å²) in [5, 5.41) is 6.42. The molecule has 2 N–H and O–H groups in total. The maximum atomic E-state index is 11.7. The summed E-state index contributed by atoms with van der Waals surface area (Å²) in [6.07, 6.45) is 1.52. The summed E-state index contributed by atoms with van der Waals surface area (Å²) in [6.45, 7) is 8.45. The molecule has 23 heavy (non-hydrogen) atoms. The van der Waals surface area contributed by atoms with Gasteiger partial charge in [0.2, 0.25) is 0 Å². The highest BCUT2D eigenvalue weighted by Crippen LogP contribution is 2.24. The first-order chi connectivity index (χ1) is 10.8. The number of nitrogens with one attached hydrogen (secondary N) is 2. The summed E-state index contributed by atoms with van der Waals surface area (Å²) in [5.41, 5.74) is 1.93. The third-order valence-corrected chi connectivity index (χ3v) is 3.88. The van der Waals surface area contributed by atoms with Crippen molar-refractivity contribution in [1.29, 1.82) is 0 Å². The lowest BCUT2D eigenvalue weighted by molar-refractivity contribution is 0.0465. The Hall–Kier alpha value is -1.75. The number of ether oxygens (including phenoxy) is 2. The summed E-state index contributed by atoms with van der Waals surface area (Å²) in [6, 6.07) is 6.80. The van der Waals surface area contributed by atoms with E-state index < -0.39 is 5.60 Å². The molecule has 128 valence electrons. The first kappa shape index (κ1) is 17.6. The van der Waals surface area contributed by atoms with Gasteiger partial charge in [0.05, 0.1) is 7.11 Å². The number of alkyl carbamates (subject to hydrolysis) is 1. The van der Waals surface area contributed by atoms with Gasteiger partial charge in [0.1, 0.15) is 11.4 Å². The molecule has 2 rings (SSSR count). The number of amides is 1. The molecule has 0 aromatic heterocycles. The monoisotopic (exact) mass is 320 g/mol. The molecule has 1 saturated carbocycles. The second kappa shape index (κ2) is 7.21. The fourth-order valence-electron chi connectivity index (χ4n) is 2.68. The van der Waals surface area contributed by atoms with Crippen LogP contribution in [-0.4, -0.2) is 30.9 Å². The highest BCUT2D eigenvalue weighted by atomic mass is 16.6. The van der Waals surface area contributed by atoms with E-state index in [0.717, 1.165) is 30.7 Å². The van der Waals surface area contributed by atoms with Crippen molar-refractivity contribution in [1.82, 2.24) is 10.6 Å². The van der Waals surface area contributed by atoms with E-state index in [1.165, 1.54) is 5.56 Å². The number of rotatable bonds is 5. The maximum absolute atomic E-state index is 11.7. The second-order valence-corrected chi connectivity index (χ2v) is 7.21. The molecule has 0 unspecified atom stereocenters. The molecule has 0 heterocycles. The Balaban J connectivity index is 1.73. The normalized spacial score (nSPS) is 20.6. The van der Waals surface area contributed by atoms with Crippen LogP contribution >= 0.6 is 0 Å². The highest BCUT2D eigenvalue weighted by molar-refractivity contribution is 5.68. The molecular weight excluding hydrogens is 292 g/mol. The minimum absolute atomic E-state index is 0.196. The van der Waals surface area contributed by atoms with Crippen molar-refractivity contribution in [2.24, 2.45) is 0 Å². The standard InChI is InChI=1S/C18H28N2O3/c1-12-6-7-16(22-5)13(8-12)11-19-14-9-15(10-14)20-17(21)23-18(2,3)4/h6-8,14-15,19H,9-11H2,1-5H3,(H,20,21). The zero-order valence-electron chi connectivity index (χ0n) is 14.7. The van der Waals surface area contributed by atoms with Crippen molar-refractivity contribution >= 4 is 6.09 Å². The second-order valence-electron chi connectivity index (χ2n) is 7.21. The van der Waals surface area contributed by atoms with Crippen molar-refractivity contribution < 1.29 is 14.3 Å². The number of hydrogen-bond donors (Lipinski definition) is 2. The number of aryl methyl sites for hydroxylation is 1. The molecule has 1 amide bonds. The van der Waals surface area contributed by atoms with Crippen LogP contribution in [0.25, 0.3) is 0 Å². The van der Waals surface area contributed by atoms with Gasteiger partial charge in [-0.25, -0.2) is 4.79 Å². The summed E-state index contributed by atoms with van der Waals surface area (Å²) in [5.74, 6) is 0.908. The van der Waals surface area contributed by atoms with E-state index in [1.54, 1.807) is 7.11 Å². The topological polar surface area (TPSA) is 59.6 Å². The minimum Gasteiger partial charge on any atom is -0.496 e. The van der Waals surface area contributed by atoms with Crippen LogP contribution in [-0.2, 0) is 11.3 Å². The van der Waals surface area contributed by atoms with Gasteiger partial charge in [0, 0.05) is 24.2 Å². The average Bonchev–Trinajstić information content (AvgIpc) is 2.39. The Kier molecular flexibility index (Phi) is 5.52. The fraction of sp³-hybridized carbons (Fsp3) is 0.611. The molecule has 1 aromatic rings. The highest BCUT2D eigenvalue weighted by Gasteiger charge is 2.31. The molecule has 5 heteroatoms. The van der Waals surface area contributed by atoms with Gasteiger partial charge in [-0.05, 0) is 46.6 Å². The summed E-state index contributed by atoms with van der Waals surface area (Å²) in [7, 11) is 1.69. The number of carbonyl (C=O) groups is 1. The van der Waals surface area contributed by atoms with Crippen molar-refractivity contribution in [2.45, 2.75) is 64.8 Å². The van der Waals surface area contributed by atoms with Crippen LogP contribution in [0.1, 0.15) is 44.7 Å². The van der Waals surface area contributed by atoms with E-state index in [4.69, 9.17) is 9.47 Å². The summed E-state index contributed by atoms with van der Waals surface area (Å²) >= 11 is 0. The van der Waals surface area contributed by atoms with Gasteiger partial charge in [0.25, 0.3) is 0 Å². The van der Waals surface area contributed by atoms with Gasteiger partial charge in [-0.3, -0.25) is 0 Å². The van der Waals surface area contributed by atoms with Crippen LogP contribution in [0.2, 0.25) is 0 Å². The molecular formula is C18H28N2O3. The SMILES string of the molecule is COc1ccc(C)cc1CNC1CC(NC(=O)OC(C)(C)C)C1. The summed E-state index contributed by atoms with van der Waals surface area (Å²) < 4.78 is 10.7.